The van der Waals surface area contributed by atoms with E-state index in [1.807, 2.05) is 37.3 Å². The van der Waals surface area contributed by atoms with Gasteiger partial charge in [0.15, 0.2) is 0 Å². The zero-order valence-electron chi connectivity index (χ0n) is 19.8. The SMILES string of the molecule is Cc1cccnc1-c1cc(CN2CCC3(C=CS(O)(O)N3c3cccc(F)c3)CC2C)ccc1O. The van der Waals surface area contributed by atoms with E-state index in [0.29, 0.717) is 30.6 Å². The second-order valence-corrected chi connectivity index (χ2v) is 11.3. The van der Waals surface area contributed by atoms with Crippen LogP contribution in [0.15, 0.2) is 72.3 Å². The highest BCUT2D eigenvalue weighted by Crippen LogP contribution is 2.60. The standard InChI is InChI=1S/C27H30FN3O3S/c1-19-5-4-12-29-26(19)24-15-21(8-9-25(24)32)18-30-13-10-27(17-20(30)2)11-14-35(33,34)31(27)23-7-3-6-22(28)16-23/h3-9,11-12,14-16,20,32-34H,10,13,17-18H2,1-2H3. The number of phenolic OH excluding ortho intramolecular Hbond substituents is 1. The summed E-state index contributed by atoms with van der Waals surface area (Å²) in [6, 6.07) is 15.7. The average Bonchev–Trinajstić information content (AvgIpc) is 3.07. The topological polar surface area (TPSA) is 80.1 Å². The summed E-state index contributed by atoms with van der Waals surface area (Å²) in [5, 5.41) is 12.0. The van der Waals surface area contributed by atoms with Gasteiger partial charge in [-0.25, -0.2) is 4.39 Å². The summed E-state index contributed by atoms with van der Waals surface area (Å²) in [7, 11) is -3.18. The third kappa shape index (κ3) is 4.43. The molecule has 0 bridgehead atoms. The summed E-state index contributed by atoms with van der Waals surface area (Å²) in [5.41, 5.74) is 3.44. The molecule has 3 heterocycles. The molecule has 2 aromatic carbocycles. The molecule has 3 aromatic rings. The van der Waals surface area contributed by atoms with Crippen molar-refractivity contribution in [1.82, 2.24) is 9.88 Å². The average molecular weight is 496 g/mol. The van der Waals surface area contributed by atoms with E-state index in [4.69, 9.17) is 0 Å². The number of piperidine rings is 1. The molecule has 2 aliphatic rings. The molecule has 1 saturated heterocycles. The highest BCUT2D eigenvalue weighted by atomic mass is 32.3. The van der Waals surface area contributed by atoms with Crippen molar-refractivity contribution in [3.8, 4) is 17.0 Å². The number of pyridine rings is 1. The largest absolute Gasteiger partial charge is 0.507 e. The van der Waals surface area contributed by atoms with Crippen molar-refractivity contribution in [3.05, 3.63) is 89.2 Å². The lowest BCUT2D eigenvalue weighted by Crippen LogP contribution is -2.55. The van der Waals surface area contributed by atoms with Gasteiger partial charge in [-0.05, 0) is 80.3 Å². The maximum Gasteiger partial charge on any atom is 0.125 e. The van der Waals surface area contributed by atoms with E-state index in [2.05, 4.69) is 16.8 Å². The van der Waals surface area contributed by atoms with Crippen LogP contribution in [0, 0.1) is 12.7 Å². The molecule has 35 heavy (non-hydrogen) atoms. The normalized spacial score (nSPS) is 24.7. The molecule has 184 valence electrons. The van der Waals surface area contributed by atoms with Gasteiger partial charge in [0.05, 0.1) is 16.9 Å². The Morgan fingerprint density at radius 1 is 1.14 bits per heavy atom. The molecule has 2 unspecified atom stereocenters. The first-order valence-corrected chi connectivity index (χ1v) is 13.3. The van der Waals surface area contributed by atoms with E-state index in [-0.39, 0.29) is 11.8 Å². The minimum absolute atomic E-state index is 0.131. The van der Waals surface area contributed by atoms with E-state index in [9.17, 15) is 18.6 Å². The van der Waals surface area contributed by atoms with Gasteiger partial charge in [-0.1, -0.05) is 29.0 Å². The third-order valence-corrected chi connectivity index (χ3v) is 8.71. The zero-order valence-corrected chi connectivity index (χ0v) is 20.6. The fourth-order valence-electron chi connectivity index (χ4n) is 5.37. The van der Waals surface area contributed by atoms with E-state index in [0.717, 1.165) is 23.4 Å². The predicted molar refractivity (Wildman–Crippen MR) is 139 cm³/mol. The highest BCUT2D eigenvalue weighted by Gasteiger charge is 2.49. The molecular formula is C27H30FN3O3S. The molecule has 0 aliphatic carbocycles. The predicted octanol–water partition coefficient (Wildman–Crippen LogP) is 6.32. The number of aromatic nitrogens is 1. The number of aryl methyl sites for hydroxylation is 1. The lowest BCUT2D eigenvalue weighted by Gasteiger charge is -2.52. The first-order chi connectivity index (χ1) is 16.7. The molecule has 5 rings (SSSR count). The summed E-state index contributed by atoms with van der Waals surface area (Å²) < 4.78 is 37.2. The number of likely N-dealkylation sites (tertiary alicyclic amines) is 1. The molecule has 2 aliphatic heterocycles. The number of phenols is 1. The van der Waals surface area contributed by atoms with Crippen LogP contribution in [-0.2, 0) is 6.54 Å². The van der Waals surface area contributed by atoms with Crippen molar-refractivity contribution < 1.29 is 18.6 Å². The van der Waals surface area contributed by atoms with E-state index < -0.39 is 22.1 Å². The Kier molecular flexibility index (Phi) is 6.09. The van der Waals surface area contributed by atoms with Crippen molar-refractivity contribution in [1.29, 1.82) is 0 Å². The lowest BCUT2D eigenvalue weighted by atomic mass is 9.83. The van der Waals surface area contributed by atoms with E-state index in [1.54, 1.807) is 28.7 Å². The molecule has 0 amide bonds. The summed E-state index contributed by atoms with van der Waals surface area (Å²) in [4.78, 5) is 6.81. The Morgan fingerprint density at radius 2 is 1.97 bits per heavy atom. The van der Waals surface area contributed by atoms with Crippen LogP contribution in [0.3, 0.4) is 0 Å². The minimum atomic E-state index is -3.18. The smallest absolute Gasteiger partial charge is 0.125 e. The number of anilines is 1. The number of halogens is 1. The minimum Gasteiger partial charge on any atom is -0.507 e. The molecule has 1 aromatic heterocycles. The summed E-state index contributed by atoms with van der Waals surface area (Å²) in [5.74, 6) is -0.204. The van der Waals surface area contributed by atoms with Gasteiger partial charge in [0.2, 0.25) is 0 Å². The van der Waals surface area contributed by atoms with Crippen molar-refractivity contribution >= 4 is 16.5 Å². The van der Waals surface area contributed by atoms with Gasteiger partial charge in [-0.2, -0.15) is 0 Å². The first kappa shape index (κ1) is 23.8. The van der Waals surface area contributed by atoms with Crippen molar-refractivity contribution in [2.75, 3.05) is 10.8 Å². The van der Waals surface area contributed by atoms with Gasteiger partial charge in [0, 0.05) is 36.3 Å². The highest BCUT2D eigenvalue weighted by molar-refractivity contribution is 8.28. The van der Waals surface area contributed by atoms with Crippen LogP contribution in [0.1, 0.15) is 30.9 Å². The fraction of sp³-hybridized carbons (Fsp3) is 0.296. The Morgan fingerprint density at radius 3 is 2.71 bits per heavy atom. The van der Waals surface area contributed by atoms with Crippen LogP contribution >= 0.6 is 10.8 Å². The molecule has 0 radical (unpaired) electrons. The number of hydrogen-bond acceptors (Lipinski definition) is 6. The van der Waals surface area contributed by atoms with Crippen molar-refractivity contribution in [2.45, 2.75) is 44.8 Å². The van der Waals surface area contributed by atoms with Gasteiger partial charge in [0.1, 0.15) is 11.6 Å². The van der Waals surface area contributed by atoms with Gasteiger partial charge in [-0.15, -0.1) is 0 Å². The second-order valence-electron chi connectivity index (χ2n) is 9.54. The Labute approximate surface area is 206 Å². The third-order valence-electron chi connectivity index (χ3n) is 7.09. The van der Waals surface area contributed by atoms with E-state index >= 15 is 0 Å². The van der Waals surface area contributed by atoms with Crippen LogP contribution in [0.4, 0.5) is 10.1 Å². The Hall–Kier alpha value is -2.91. The summed E-state index contributed by atoms with van der Waals surface area (Å²) in [6.07, 6.45) is 4.96. The number of benzene rings is 2. The van der Waals surface area contributed by atoms with Crippen LogP contribution in [0.5, 0.6) is 5.75 Å². The van der Waals surface area contributed by atoms with Crippen LogP contribution in [0.2, 0.25) is 0 Å². The number of aromatic hydroxyl groups is 1. The van der Waals surface area contributed by atoms with Gasteiger partial charge in [0.25, 0.3) is 0 Å². The van der Waals surface area contributed by atoms with Crippen molar-refractivity contribution in [3.63, 3.8) is 0 Å². The van der Waals surface area contributed by atoms with Gasteiger partial charge < -0.3 is 5.11 Å². The maximum atomic E-state index is 14.0. The summed E-state index contributed by atoms with van der Waals surface area (Å²) >= 11 is 0. The zero-order chi connectivity index (χ0) is 24.8. The molecule has 1 fully saturated rings. The van der Waals surface area contributed by atoms with E-state index in [1.165, 1.54) is 17.5 Å². The molecule has 6 nitrogen and oxygen atoms in total. The molecule has 3 N–H and O–H groups in total. The molecule has 1 spiro atoms. The quantitative estimate of drug-likeness (QED) is 0.393. The fourth-order valence-corrected chi connectivity index (χ4v) is 7.12. The maximum absolute atomic E-state index is 14.0. The number of nitrogens with zero attached hydrogens (tertiary/aromatic N) is 3. The summed E-state index contributed by atoms with van der Waals surface area (Å²) in [6.45, 7) is 5.53. The Bertz CT molecular complexity index is 1280. The van der Waals surface area contributed by atoms with Gasteiger partial charge >= 0.3 is 0 Å². The second kappa shape index (κ2) is 8.95. The molecule has 0 saturated carbocycles. The number of rotatable bonds is 4. The molecule has 2 atom stereocenters. The monoisotopic (exact) mass is 495 g/mol. The van der Waals surface area contributed by atoms with Crippen molar-refractivity contribution in [2.24, 2.45) is 0 Å². The number of hydrogen-bond donors (Lipinski definition) is 3. The Balaban J connectivity index is 1.38. The van der Waals surface area contributed by atoms with Crippen LogP contribution in [0.25, 0.3) is 11.3 Å². The molecule has 8 heteroatoms. The van der Waals surface area contributed by atoms with Crippen LogP contribution < -0.4 is 4.31 Å². The van der Waals surface area contributed by atoms with Crippen LogP contribution in [-0.4, -0.2) is 42.2 Å². The molecular weight excluding hydrogens is 465 g/mol. The van der Waals surface area contributed by atoms with Gasteiger partial charge in [-0.3, -0.25) is 23.3 Å². The lowest BCUT2D eigenvalue weighted by molar-refractivity contribution is 0.119. The first-order valence-electron chi connectivity index (χ1n) is 11.7.